The van der Waals surface area contributed by atoms with Gasteiger partial charge in [-0.25, -0.2) is 4.68 Å². The van der Waals surface area contributed by atoms with Crippen LogP contribution >= 0.6 is 0 Å². The molecule has 21 heavy (non-hydrogen) atoms. The standard InChI is InChI=1S/C15H22N6/c1-12(20-8-4-7-15(20)10-16-2)13-5-3-6-14(9-13)21-11-17-18-19-21/h3,5-6,9,11-12,15-16H,4,7-8,10H2,1-2H3. The Morgan fingerprint density at radius 3 is 3.10 bits per heavy atom. The quantitative estimate of drug-likeness (QED) is 0.900. The third-order valence-electron chi connectivity index (χ3n) is 4.33. The SMILES string of the molecule is CNCC1CCCN1C(C)c1cccc(-n2cnnn2)c1. The molecule has 2 heterocycles. The average Bonchev–Trinajstić information content (AvgIpc) is 3.18. The van der Waals surface area contributed by atoms with Crippen LogP contribution in [-0.4, -0.2) is 51.3 Å². The van der Waals surface area contributed by atoms with E-state index in [1.54, 1.807) is 11.0 Å². The number of benzene rings is 1. The van der Waals surface area contributed by atoms with Gasteiger partial charge < -0.3 is 5.32 Å². The van der Waals surface area contributed by atoms with E-state index >= 15 is 0 Å². The molecule has 2 atom stereocenters. The summed E-state index contributed by atoms with van der Waals surface area (Å²) in [7, 11) is 2.03. The molecule has 112 valence electrons. The lowest BCUT2D eigenvalue weighted by Gasteiger charge is -2.31. The molecular weight excluding hydrogens is 264 g/mol. The molecule has 0 bridgehead atoms. The van der Waals surface area contributed by atoms with Gasteiger partial charge >= 0.3 is 0 Å². The van der Waals surface area contributed by atoms with Crippen molar-refractivity contribution >= 4 is 0 Å². The van der Waals surface area contributed by atoms with Gasteiger partial charge in [0.05, 0.1) is 5.69 Å². The molecular formula is C15H22N6. The number of nitrogens with one attached hydrogen (secondary N) is 1. The van der Waals surface area contributed by atoms with Crippen LogP contribution in [0.2, 0.25) is 0 Å². The van der Waals surface area contributed by atoms with Gasteiger partial charge in [-0.15, -0.1) is 5.10 Å². The van der Waals surface area contributed by atoms with Gasteiger partial charge in [-0.3, -0.25) is 4.90 Å². The number of likely N-dealkylation sites (tertiary alicyclic amines) is 1. The molecule has 1 fully saturated rings. The fraction of sp³-hybridized carbons (Fsp3) is 0.533. The summed E-state index contributed by atoms with van der Waals surface area (Å²) in [5, 5.41) is 14.7. The Balaban J connectivity index is 1.81. The normalized spacial score (nSPS) is 20.8. The van der Waals surface area contributed by atoms with Crippen LogP contribution in [0.15, 0.2) is 30.6 Å². The Morgan fingerprint density at radius 2 is 2.33 bits per heavy atom. The smallest absolute Gasteiger partial charge is 0.143 e. The van der Waals surface area contributed by atoms with Crippen LogP contribution < -0.4 is 5.32 Å². The molecule has 0 amide bonds. The molecule has 0 radical (unpaired) electrons. The summed E-state index contributed by atoms with van der Waals surface area (Å²) >= 11 is 0. The molecule has 3 rings (SSSR count). The molecule has 1 aromatic heterocycles. The highest BCUT2D eigenvalue weighted by atomic mass is 15.5. The molecule has 2 unspecified atom stereocenters. The van der Waals surface area contributed by atoms with Crippen molar-refractivity contribution in [2.75, 3.05) is 20.1 Å². The lowest BCUT2D eigenvalue weighted by molar-refractivity contribution is 0.191. The third kappa shape index (κ3) is 2.96. The van der Waals surface area contributed by atoms with Crippen molar-refractivity contribution in [3.63, 3.8) is 0 Å². The lowest BCUT2D eigenvalue weighted by atomic mass is 10.0. The van der Waals surface area contributed by atoms with Crippen molar-refractivity contribution in [3.05, 3.63) is 36.2 Å². The van der Waals surface area contributed by atoms with E-state index in [4.69, 9.17) is 0 Å². The molecule has 6 heteroatoms. The molecule has 0 spiro atoms. The molecule has 1 aliphatic heterocycles. The van der Waals surface area contributed by atoms with Gasteiger partial charge in [0.25, 0.3) is 0 Å². The highest BCUT2D eigenvalue weighted by Gasteiger charge is 2.28. The number of aromatic nitrogens is 4. The zero-order chi connectivity index (χ0) is 14.7. The zero-order valence-electron chi connectivity index (χ0n) is 12.6. The Labute approximate surface area is 125 Å². The Morgan fingerprint density at radius 1 is 1.43 bits per heavy atom. The number of hydrogen-bond acceptors (Lipinski definition) is 5. The second-order valence-electron chi connectivity index (χ2n) is 5.62. The minimum atomic E-state index is 0.405. The average molecular weight is 286 g/mol. The van der Waals surface area contributed by atoms with Gasteiger partial charge in [-0.1, -0.05) is 12.1 Å². The van der Waals surface area contributed by atoms with Crippen molar-refractivity contribution in [3.8, 4) is 5.69 Å². The number of likely N-dealkylation sites (N-methyl/N-ethyl adjacent to an activating group) is 1. The first kappa shape index (κ1) is 14.2. The minimum absolute atomic E-state index is 0.405. The Bertz CT molecular complexity index is 567. The fourth-order valence-corrected chi connectivity index (χ4v) is 3.22. The molecule has 6 nitrogen and oxygen atoms in total. The summed E-state index contributed by atoms with van der Waals surface area (Å²) in [5.41, 5.74) is 2.32. The van der Waals surface area contributed by atoms with Crippen LogP contribution in [-0.2, 0) is 0 Å². The van der Waals surface area contributed by atoms with E-state index in [-0.39, 0.29) is 0 Å². The van der Waals surface area contributed by atoms with E-state index in [0.29, 0.717) is 12.1 Å². The zero-order valence-corrected chi connectivity index (χ0v) is 12.6. The molecule has 0 aliphatic carbocycles. The molecule has 1 saturated heterocycles. The predicted molar refractivity (Wildman–Crippen MR) is 81.2 cm³/mol. The van der Waals surface area contributed by atoms with Gasteiger partial charge in [-0.05, 0) is 61.5 Å². The minimum Gasteiger partial charge on any atom is -0.318 e. The number of tetrazole rings is 1. The van der Waals surface area contributed by atoms with E-state index in [1.807, 2.05) is 13.1 Å². The molecule has 1 N–H and O–H groups in total. The molecule has 1 aliphatic rings. The predicted octanol–water partition coefficient (Wildman–Crippen LogP) is 1.41. The summed E-state index contributed by atoms with van der Waals surface area (Å²) in [5.74, 6) is 0. The van der Waals surface area contributed by atoms with E-state index < -0.39 is 0 Å². The highest BCUT2D eigenvalue weighted by molar-refractivity contribution is 5.35. The van der Waals surface area contributed by atoms with Crippen LogP contribution in [0.25, 0.3) is 5.69 Å². The van der Waals surface area contributed by atoms with E-state index in [1.165, 1.54) is 24.9 Å². The van der Waals surface area contributed by atoms with Crippen molar-refractivity contribution in [1.29, 1.82) is 0 Å². The van der Waals surface area contributed by atoms with Crippen molar-refractivity contribution in [1.82, 2.24) is 30.4 Å². The third-order valence-corrected chi connectivity index (χ3v) is 4.33. The Hall–Kier alpha value is -1.79. The van der Waals surface area contributed by atoms with Crippen LogP contribution in [0, 0.1) is 0 Å². The van der Waals surface area contributed by atoms with Crippen LogP contribution in [0.1, 0.15) is 31.4 Å². The highest BCUT2D eigenvalue weighted by Crippen LogP contribution is 2.29. The first-order valence-corrected chi connectivity index (χ1v) is 7.53. The summed E-state index contributed by atoms with van der Waals surface area (Å²) in [6.45, 7) is 4.51. The summed E-state index contributed by atoms with van der Waals surface area (Å²) in [6, 6.07) is 9.50. The number of rotatable bonds is 5. The van der Waals surface area contributed by atoms with Gasteiger partial charge in [0.15, 0.2) is 0 Å². The number of hydrogen-bond donors (Lipinski definition) is 1. The largest absolute Gasteiger partial charge is 0.318 e. The van der Waals surface area contributed by atoms with E-state index in [9.17, 15) is 0 Å². The molecule has 1 aromatic carbocycles. The summed E-state index contributed by atoms with van der Waals surface area (Å²) in [6.07, 6.45) is 4.19. The van der Waals surface area contributed by atoms with Crippen LogP contribution in [0.5, 0.6) is 0 Å². The fourth-order valence-electron chi connectivity index (χ4n) is 3.22. The first-order chi connectivity index (χ1) is 10.3. The monoisotopic (exact) mass is 286 g/mol. The van der Waals surface area contributed by atoms with Gasteiger partial charge in [0.2, 0.25) is 0 Å². The van der Waals surface area contributed by atoms with Crippen molar-refractivity contribution in [2.24, 2.45) is 0 Å². The maximum atomic E-state index is 3.96. The van der Waals surface area contributed by atoms with Crippen LogP contribution in [0.4, 0.5) is 0 Å². The topological polar surface area (TPSA) is 58.9 Å². The molecule has 0 saturated carbocycles. The van der Waals surface area contributed by atoms with Gasteiger partial charge in [-0.2, -0.15) is 0 Å². The van der Waals surface area contributed by atoms with Crippen LogP contribution in [0.3, 0.4) is 0 Å². The maximum absolute atomic E-state index is 3.96. The lowest BCUT2D eigenvalue weighted by Crippen LogP contribution is -2.38. The van der Waals surface area contributed by atoms with E-state index in [0.717, 1.165) is 12.2 Å². The summed E-state index contributed by atoms with van der Waals surface area (Å²) in [4.78, 5) is 2.59. The number of nitrogens with zero attached hydrogens (tertiary/aromatic N) is 5. The Kier molecular flexibility index (Phi) is 4.26. The van der Waals surface area contributed by atoms with E-state index in [2.05, 4.69) is 50.9 Å². The molecule has 2 aromatic rings. The second kappa shape index (κ2) is 6.32. The first-order valence-electron chi connectivity index (χ1n) is 7.53. The summed E-state index contributed by atoms with van der Waals surface area (Å²) < 4.78 is 1.70. The van der Waals surface area contributed by atoms with Gasteiger partial charge in [0, 0.05) is 18.6 Å². The second-order valence-corrected chi connectivity index (χ2v) is 5.62. The van der Waals surface area contributed by atoms with Gasteiger partial charge in [0.1, 0.15) is 6.33 Å². The van der Waals surface area contributed by atoms with Crippen molar-refractivity contribution < 1.29 is 0 Å². The maximum Gasteiger partial charge on any atom is 0.143 e. The van der Waals surface area contributed by atoms with Crippen molar-refractivity contribution in [2.45, 2.75) is 31.8 Å².